The Morgan fingerprint density at radius 1 is 1.27 bits per heavy atom. The van der Waals surface area contributed by atoms with Crippen LogP contribution in [0.1, 0.15) is 38.5 Å². The van der Waals surface area contributed by atoms with E-state index < -0.39 is 0 Å². The molecule has 0 bridgehead atoms. The lowest BCUT2D eigenvalue weighted by molar-refractivity contribution is 0.0834. The van der Waals surface area contributed by atoms with Crippen LogP contribution in [-0.2, 0) is 4.74 Å². The van der Waals surface area contributed by atoms with Gasteiger partial charge in [-0.25, -0.2) is 4.79 Å². The summed E-state index contributed by atoms with van der Waals surface area (Å²) in [6.45, 7) is 4.05. The molecular weight excluding hydrogens is 278 g/mol. The van der Waals surface area contributed by atoms with Gasteiger partial charge in [0.05, 0.1) is 12.6 Å². The summed E-state index contributed by atoms with van der Waals surface area (Å²) in [5.74, 6) is 2.60. The fourth-order valence-corrected chi connectivity index (χ4v) is 4.03. The number of urea groups is 1. The quantitative estimate of drug-likeness (QED) is 0.799. The summed E-state index contributed by atoms with van der Waals surface area (Å²) < 4.78 is 5.64. The number of piperidine rings is 1. The Morgan fingerprint density at radius 3 is 2.95 bits per heavy atom. The molecule has 3 saturated heterocycles. The molecule has 0 unspecified atom stereocenters. The Morgan fingerprint density at radius 2 is 2.18 bits per heavy atom. The predicted molar refractivity (Wildman–Crippen MR) is 85.5 cm³/mol. The summed E-state index contributed by atoms with van der Waals surface area (Å²) in [6, 6.07) is 0.775. The lowest BCUT2D eigenvalue weighted by atomic mass is 9.99. The molecule has 122 valence electrons. The van der Waals surface area contributed by atoms with E-state index in [9.17, 15) is 4.79 Å². The molecule has 0 radical (unpaired) electrons. The third-order valence-electron chi connectivity index (χ3n) is 5.18. The van der Waals surface area contributed by atoms with Crippen molar-refractivity contribution in [3.63, 3.8) is 0 Å². The van der Waals surface area contributed by atoms with Gasteiger partial charge < -0.3 is 15.0 Å². The molecule has 3 rings (SSSR count). The van der Waals surface area contributed by atoms with Crippen LogP contribution in [0.15, 0.2) is 0 Å². The van der Waals surface area contributed by atoms with Gasteiger partial charge >= 0.3 is 6.03 Å². The predicted octanol–water partition coefficient (Wildman–Crippen LogP) is 1.44. The lowest BCUT2D eigenvalue weighted by Crippen LogP contribution is -2.52. The molecule has 0 aromatic rings. The first-order valence-corrected chi connectivity index (χ1v) is 8.62. The fraction of sp³-hybridized carbons (Fsp3) is 0.824. The van der Waals surface area contributed by atoms with E-state index in [1.807, 2.05) is 0 Å². The summed E-state index contributed by atoms with van der Waals surface area (Å²) in [5, 5.41) is 3.23. The van der Waals surface area contributed by atoms with Crippen LogP contribution in [0.3, 0.4) is 0 Å². The van der Waals surface area contributed by atoms with Gasteiger partial charge in [0.25, 0.3) is 0 Å². The van der Waals surface area contributed by atoms with Gasteiger partial charge in [0.2, 0.25) is 0 Å². The maximum absolute atomic E-state index is 12.6. The molecule has 3 heterocycles. The van der Waals surface area contributed by atoms with Gasteiger partial charge in [-0.05, 0) is 38.6 Å². The normalized spacial score (nSPS) is 31.5. The van der Waals surface area contributed by atoms with Crippen molar-refractivity contribution in [2.45, 2.75) is 56.7 Å². The van der Waals surface area contributed by atoms with E-state index in [2.05, 4.69) is 16.1 Å². The number of amides is 2. The highest BCUT2D eigenvalue weighted by Crippen LogP contribution is 2.27. The molecule has 3 atom stereocenters. The van der Waals surface area contributed by atoms with E-state index in [1.54, 1.807) is 4.90 Å². The van der Waals surface area contributed by atoms with Gasteiger partial charge in [-0.2, -0.15) is 0 Å². The van der Waals surface area contributed by atoms with Gasteiger partial charge in [0.1, 0.15) is 0 Å². The SMILES string of the molecule is C#CCN(C[C@@H]1CCCO1)C(=O)N[C@@H]1CCN2CCCC[C@H]12. The largest absolute Gasteiger partial charge is 0.376 e. The van der Waals surface area contributed by atoms with Crippen LogP contribution in [0.5, 0.6) is 0 Å². The highest BCUT2D eigenvalue weighted by molar-refractivity contribution is 5.75. The monoisotopic (exact) mass is 305 g/mol. The third-order valence-corrected chi connectivity index (χ3v) is 5.18. The molecule has 0 saturated carbocycles. The summed E-state index contributed by atoms with van der Waals surface area (Å²) in [6.07, 6.45) is 12.5. The Labute approximate surface area is 133 Å². The minimum atomic E-state index is -0.0223. The zero-order valence-electron chi connectivity index (χ0n) is 13.3. The number of nitrogens with one attached hydrogen (secondary N) is 1. The number of rotatable bonds is 4. The topological polar surface area (TPSA) is 44.8 Å². The van der Waals surface area contributed by atoms with Crippen molar-refractivity contribution < 1.29 is 9.53 Å². The number of hydrogen-bond acceptors (Lipinski definition) is 3. The fourth-order valence-electron chi connectivity index (χ4n) is 4.03. The van der Waals surface area contributed by atoms with E-state index in [4.69, 9.17) is 11.2 Å². The van der Waals surface area contributed by atoms with Crippen molar-refractivity contribution in [3.05, 3.63) is 0 Å². The highest BCUT2D eigenvalue weighted by Gasteiger charge is 2.37. The molecule has 3 aliphatic heterocycles. The van der Waals surface area contributed by atoms with Gasteiger partial charge in [-0.3, -0.25) is 4.90 Å². The van der Waals surface area contributed by atoms with E-state index in [0.29, 0.717) is 19.1 Å². The number of carbonyl (C=O) groups excluding carboxylic acids is 1. The smallest absolute Gasteiger partial charge is 0.318 e. The van der Waals surface area contributed by atoms with E-state index in [1.165, 1.54) is 25.8 Å². The molecule has 1 N–H and O–H groups in total. The first-order chi connectivity index (χ1) is 10.8. The van der Waals surface area contributed by atoms with E-state index in [-0.39, 0.29) is 18.2 Å². The second kappa shape index (κ2) is 7.34. The van der Waals surface area contributed by atoms with Crippen molar-refractivity contribution in [2.24, 2.45) is 0 Å². The van der Waals surface area contributed by atoms with Crippen molar-refractivity contribution in [1.29, 1.82) is 0 Å². The Balaban J connectivity index is 1.55. The Hall–Kier alpha value is -1.25. The van der Waals surface area contributed by atoms with Crippen molar-refractivity contribution in [3.8, 4) is 12.3 Å². The molecule has 5 heteroatoms. The lowest BCUT2D eigenvalue weighted by Gasteiger charge is -2.33. The molecule has 0 aliphatic carbocycles. The maximum Gasteiger partial charge on any atom is 0.318 e. The van der Waals surface area contributed by atoms with Crippen LogP contribution < -0.4 is 5.32 Å². The molecular formula is C17H27N3O2. The van der Waals surface area contributed by atoms with Crippen LogP contribution >= 0.6 is 0 Å². The minimum absolute atomic E-state index is 0.0223. The number of fused-ring (bicyclic) bond motifs is 1. The molecule has 2 amide bonds. The minimum Gasteiger partial charge on any atom is -0.376 e. The molecule has 22 heavy (non-hydrogen) atoms. The average molecular weight is 305 g/mol. The standard InChI is InChI=1S/C17H27N3O2/c1-2-9-20(13-14-6-5-12-22-14)17(21)18-15-8-11-19-10-4-3-7-16(15)19/h1,14-16H,3-13H2,(H,18,21)/t14-,15+,16+/m0/s1. The first kappa shape index (κ1) is 15.6. The maximum atomic E-state index is 12.6. The summed E-state index contributed by atoms with van der Waals surface area (Å²) in [7, 11) is 0. The molecule has 3 fully saturated rings. The van der Waals surface area contributed by atoms with Crippen LogP contribution in [0, 0.1) is 12.3 Å². The molecule has 5 nitrogen and oxygen atoms in total. The number of hydrogen-bond donors (Lipinski definition) is 1. The van der Waals surface area contributed by atoms with Crippen molar-refractivity contribution in [1.82, 2.24) is 15.1 Å². The number of carbonyl (C=O) groups is 1. The zero-order valence-corrected chi connectivity index (χ0v) is 13.3. The number of terminal acetylenes is 1. The highest BCUT2D eigenvalue weighted by atomic mass is 16.5. The average Bonchev–Trinajstić information content (AvgIpc) is 3.17. The van der Waals surface area contributed by atoms with Gasteiger partial charge in [-0.1, -0.05) is 12.3 Å². The van der Waals surface area contributed by atoms with Crippen LogP contribution in [0.2, 0.25) is 0 Å². The van der Waals surface area contributed by atoms with E-state index >= 15 is 0 Å². The molecule has 0 aromatic heterocycles. The Kier molecular flexibility index (Phi) is 5.22. The second-order valence-corrected chi connectivity index (χ2v) is 6.66. The zero-order chi connectivity index (χ0) is 15.4. The van der Waals surface area contributed by atoms with Crippen LogP contribution in [-0.4, -0.2) is 66.8 Å². The molecule has 0 aromatic carbocycles. The van der Waals surface area contributed by atoms with Crippen LogP contribution in [0.4, 0.5) is 4.79 Å². The van der Waals surface area contributed by atoms with E-state index in [0.717, 1.165) is 32.4 Å². The number of ether oxygens (including phenoxy) is 1. The molecule has 3 aliphatic rings. The summed E-state index contributed by atoms with van der Waals surface area (Å²) in [5.41, 5.74) is 0. The van der Waals surface area contributed by atoms with Gasteiger partial charge in [0, 0.05) is 31.8 Å². The second-order valence-electron chi connectivity index (χ2n) is 6.66. The molecule has 0 spiro atoms. The van der Waals surface area contributed by atoms with Gasteiger partial charge in [0.15, 0.2) is 0 Å². The number of nitrogens with zero attached hydrogens (tertiary/aromatic N) is 2. The Bertz CT molecular complexity index is 428. The first-order valence-electron chi connectivity index (χ1n) is 8.62. The van der Waals surface area contributed by atoms with Gasteiger partial charge in [-0.15, -0.1) is 6.42 Å². The third kappa shape index (κ3) is 3.56. The van der Waals surface area contributed by atoms with Crippen molar-refractivity contribution in [2.75, 3.05) is 32.8 Å². The summed E-state index contributed by atoms with van der Waals surface area (Å²) >= 11 is 0. The van der Waals surface area contributed by atoms with Crippen LogP contribution in [0.25, 0.3) is 0 Å². The van der Waals surface area contributed by atoms with Crippen molar-refractivity contribution >= 4 is 6.03 Å². The summed E-state index contributed by atoms with van der Waals surface area (Å²) in [4.78, 5) is 16.9.